The number of aliphatic hydroxyl groups is 1. The lowest BCUT2D eigenvalue weighted by Gasteiger charge is -2.56. The molecule has 3 rings (SSSR count). The van der Waals surface area contributed by atoms with E-state index >= 15 is 0 Å². The molecule has 0 bridgehead atoms. The molecule has 0 aromatic carbocycles. The molecule has 1 amide bonds. The number of aliphatic hydroxyl groups excluding tert-OH is 1. The van der Waals surface area contributed by atoms with Gasteiger partial charge in [-0.05, 0) is 32.6 Å². The van der Waals surface area contributed by atoms with Crippen LogP contribution in [0.2, 0.25) is 0 Å². The summed E-state index contributed by atoms with van der Waals surface area (Å²) in [5.41, 5.74) is -0.940. The van der Waals surface area contributed by atoms with Gasteiger partial charge < -0.3 is 14.7 Å². The van der Waals surface area contributed by atoms with Crippen LogP contribution >= 0.6 is 0 Å². The van der Waals surface area contributed by atoms with E-state index in [1.165, 1.54) is 0 Å². The van der Waals surface area contributed by atoms with Gasteiger partial charge in [-0.3, -0.25) is 4.79 Å². The molecule has 3 aliphatic rings. The summed E-state index contributed by atoms with van der Waals surface area (Å²) in [5.74, 6) is 0.0177. The summed E-state index contributed by atoms with van der Waals surface area (Å²) < 4.78 is 5.76. The molecule has 0 aromatic heterocycles. The number of carbonyl (C=O) groups excluding carboxylic acids is 1. The van der Waals surface area contributed by atoms with Gasteiger partial charge in [0, 0.05) is 31.5 Å². The lowest BCUT2D eigenvalue weighted by Crippen LogP contribution is -2.63. The van der Waals surface area contributed by atoms with Crippen molar-refractivity contribution in [2.75, 3.05) is 19.7 Å². The van der Waals surface area contributed by atoms with Gasteiger partial charge in [-0.15, -0.1) is 0 Å². The maximum atomic E-state index is 12.8. The number of rotatable bonds is 3. The molecule has 1 saturated heterocycles. The normalized spacial score (nSPS) is 32.5. The van der Waals surface area contributed by atoms with Gasteiger partial charge in [-0.25, -0.2) is 0 Å². The van der Waals surface area contributed by atoms with Crippen LogP contribution in [0.1, 0.15) is 51.9 Å². The number of hydrogen-bond donors (Lipinski definition) is 1. The van der Waals surface area contributed by atoms with E-state index in [-0.39, 0.29) is 23.5 Å². The maximum absolute atomic E-state index is 12.8. The number of carbonyl (C=O) groups is 1. The van der Waals surface area contributed by atoms with Crippen molar-refractivity contribution in [2.45, 2.75) is 64.1 Å². The average molecular weight is 306 g/mol. The van der Waals surface area contributed by atoms with Crippen LogP contribution in [0.5, 0.6) is 0 Å². The van der Waals surface area contributed by atoms with E-state index in [1.54, 1.807) is 0 Å². The highest BCUT2D eigenvalue weighted by molar-refractivity contribution is 5.86. The zero-order valence-electron chi connectivity index (χ0n) is 13.4. The van der Waals surface area contributed by atoms with Crippen LogP contribution in [0.3, 0.4) is 0 Å². The predicted octanol–water partition coefficient (Wildman–Crippen LogP) is 1.85. The summed E-state index contributed by atoms with van der Waals surface area (Å²) in [7, 11) is 0. The summed E-state index contributed by atoms with van der Waals surface area (Å²) in [5, 5.41) is 19.7. The summed E-state index contributed by atoms with van der Waals surface area (Å²) in [4.78, 5) is 14.6. The molecule has 0 radical (unpaired) electrons. The van der Waals surface area contributed by atoms with Crippen molar-refractivity contribution in [1.82, 2.24) is 4.90 Å². The molecule has 122 valence electrons. The van der Waals surface area contributed by atoms with Crippen LogP contribution in [-0.4, -0.2) is 47.8 Å². The molecule has 1 heterocycles. The highest BCUT2D eigenvalue weighted by Gasteiger charge is 2.57. The van der Waals surface area contributed by atoms with E-state index in [2.05, 4.69) is 6.07 Å². The van der Waals surface area contributed by atoms with Gasteiger partial charge in [0.25, 0.3) is 0 Å². The van der Waals surface area contributed by atoms with Crippen molar-refractivity contribution < 1.29 is 14.6 Å². The van der Waals surface area contributed by atoms with Crippen LogP contribution in [0, 0.1) is 22.2 Å². The van der Waals surface area contributed by atoms with Gasteiger partial charge >= 0.3 is 0 Å². The summed E-state index contributed by atoms with van der Waals surface area (Å²) >= 11 is 0. The van der Waals surface area contributed by atoms with Gasteiger partial charge in [0.05, 0.1) is 18.3 Å². The molecule has 2 saturated carbocycles. The van der Waals surface area contributed by atoms with Gasteiger partial charge in [-0.2, -0.15) is 5.26 Å². The lowest BCUT2D eigenvalue weighted by molar-refractivity contribution is -0.210. The Morgan fingerprint density at radius 1 is 1.32 bits per heavy atom. The fourth-order valence-corrected chi connectivity index (χ4v) is 4.60. The molecule has 3 fully saturated rings. The van der Waals surface area contributed by atoms with Crippen LogP contribution < -0.4 is 0 Å². The number of piperidine rings is 1. The second-order valence-electron chi connectivity index (χ2n) is 7.12. The van der Waals surface area contributed by atoms with Crippen LogP contribution in [0.4, 0.5) is 0 Å². The maximum Gasteiger partial charge on any atom is 0.243 e. The minimum atomic E-state index is -0.776. The lowest BCUT2D eigenvalue weighted by atomic mass is 9.58. The molecule has 2 atom stereocenters. The van der Waals surface area contributed by atoms with Gasteiger partial charge in [0.15, 0.2) is 0 Å². The van der Waals surface area contributed by atoms with Crippen molar-refractivity contribution >= 4 is 5.91 Å². The Balaban J connectivity index is 1.64. The SMILES string of the molecule is CCO[C@H]1C[C@@H](O)C12CCN(C(=O)C1(C#N)CCCC1)CC2. The van der Waals surface area contributed by atoms with E-state index in [0.29, 0.717) is 39.0 Å². The van der Waals surface area contributed by atoms with Crippen molar-refractivity contribution in [2.24, 2.45) is 10.8 Å². The first kappa shape index (κ1) is 15.8. The van der Waals surface area contributed by atoms with E-state index in [9.17, 15) is 15.2 Å². The molecule has 0 unspecified atom stereocenters. The molecular formula is C17H26N2O3. The number of amides is 1. The van der Waals surface area contributed by atoms with Gasteiger partial charge in [-0.1, -0.05) is 12.8 Å². The van der Waals surface area contributed by atoms with E-state index in [1.807, 2.05) is 11.8 Å². The van der Waals surface area contributed by atoms with Crippen molar-refractivity contribution in [3.63, 3.8) is 0 Å². The minimum absolute atomic E-state index is 0.0177. The summed E-state index contributed by atoms with van der Waals surface area (Å²) in [6.45, 7) is 3.93. The summed E-state index contributed by atoms with van der Waals surface area (Å²) in [6, 6.07) is 2.30. The van der Waals surface area contributed by atoms with Crippen LogP contribution in [-0.2, 0) is 9.53 Å². The third kappa shape index (κ3) is 2.24. The molecule has 2 aliphatic carbocycles. The Bertz CT molecular complexity index is 469. The molecular weight excluding hydrogens is 280 g/mol. The highest BCUT2D eigenvalue weighted by Crippen LogP contribution is 2.51. The third-order valence-electron chi connectivity index (χ3n) is 6.17. The number of likely N-dealkylation sites (tertiary alicyclic amines) is 1. The van der Waals surface area contributed by atoms with Gasteiger partial charge in [0.1, 0.15) is 5.41 Å². The zero-order chi connectivity index (χ0) is 15.8. The monoisotopic (exact) mass is 306 g/mol. The van der Waals surface area contributed by atoms with Crippen LogP contribution in [0.15, 0.2) is 0 Å². The second kappa shape index (κ2) is 5.82. The largest absolute Gasteiger partial charge is 0.392 e. The number of nitrogens with zero attached hydrogens (tertiary/aromatic N) is 2. The number of hydrogen-bond acceptors (Lipinski definition) is 4. The quantitative estimate of drug-likeness (QED) is 0.863. The Hall–Kier alpha value is -1.12. The van der Waals surface area contributed by atoms with Crippen molar-refractivity contribution in [1.29, 1.82) is 5.26 Å². The Morgan fingerprint density at radius 3 is 2.45 bits per heavy atom. The zero-order valence-corrected chi connectivity index (χ0v) is 13.4. The van der Waals surface area contributed by atoms with Crippen molar-refractivity contribution in [3.05, 3.63) is 0 Å². The molecule has 0 aromatic rings. The predicted molar refractivity (Wildman–Crippen MR) is 80.8 cm³/mol. The Kier molecular flexibility index (Phi) is 4.17. The fraction of sp³-hybridized carbons (Fsp3) is 0.882. The van der Waals surface area contributed by atoms with E-state index < -0.39 is 5.41 Å². The first-order chi connectivity index (χ1) is 10.6. The van der Waals surface area contributed by atoms with E-state index in [4.69, 9.17) is 4.74 Å². The average Bonchev–Trinajstić information content (AvgIpc) is 3.04. The minimum Gasteiger partial charge on any atom is -0.392 e. The topological polar surface area (TPSA) is 73.6 Å². The Morgan fingerprint density at radius 2 is 1.95 bits per heavy atom. The molecule has 1 N–H and O–H groups in total. The highest BCUT2D eigenvalue weighted by atomic mass is 16.5. The molecule has 1 spiro atoms. The molecule has 5 heteroatoms. The number of nitriles is 1. The fourth-order valence-electron chi connectivity index (χ4n) is 4.60. The smallest absolute Gasteiger partial charge is 0.243 e. The van der Waals surface area contributed by atoms with Gasteiger partial charge in [0.2, 0.25) is 5.91 Å². The first-order valence-electron chi connectivity index (χ1n) is 8.58. The number of ether oxygens (including phenoxy) is 1. The standard InChI is InChI=1S/C17H26N2O3/c1-2-22-14-11-13(20)17(14)7-9-19(10-8-17)15(21)16(12-18)5-3-4-6-16/h13-14,20H,2-11H2,1H3/t13-,14+/m1/s1. The summed E-state index contributed by atoms with van der Waals surface area (Å²) in [6.07, 6.45) is 5.45. The van der Waals surface area contributed by atoms with Crippen molar-refractivity contribution in [3.8, 4) is 6.07 Å². The van der Waals surface area contributed by atoms with E-state index in [0.717, 1.165) is 25.7 Å². The second-order valence-corrected chi connectivity index (χ2v) is 7.12. The Labute approximate surface area is 132 Å². The molecule has 1 aliphatic heterocycles. The molecule has 5 nitrogen and oxygen atoms in total. The first-order valence-corrected chi connectivity index (χ1v) is 8.58. The van der Waals surface area contributed by atoms with Crippen LogP contribution in [0.25, 0.3) is 0 Å². The third-order valence-corrected chi connectivity index (χ3v) is 6.17. The molecule has 22 heavy (non-hydrogen) atoms.